The Bertz CT molecular complexity index is 66.1. The standard InChI is InChI=1S/C6H13N.C2H7N.2ClH/c1-6-3-2-4-7-5-6;1-3-2;;/h6-7H,2-5H2,1H3;3H,1-2H3;2*1H. The van der Waals surface area contributed by atoms with Gasteiger partial charge in [-0.2, -0.15) is 0 Å². The molecule has 12 heavy (non-hydrogen) atoms. The second kappa shape index (κ2) is 14.0. The van der Waals surface area contributed by atoms with E-state index in [2.05, 4.69) is 17.6 Å². The first-order valence-electron chi connectivity index (χ1n) is 4.10. The first-order valence-corrected chi connectivity index (χ1v) is 4.10. The summed E-state index contributed by atoms with van der Waals surface area (Å²) >= 11 is 0. The van der Waals surface area contributed by atoms with Gasteiger partial charge in [-0.05, 0) is 45.9 Å². The van der Waals surface area contributed by atoms with Gasteiger partial charge in [0, 0.05) is 0 Å². The summed E-state index contributed by atoms with van der Waals surface area (Å²) in [5, 5.41) is 6.08. The highest BCUT2D eigenvalue weighted by Crippen LogP contribution is 2.06. The fraction of sp³-hybridized carbons (Fsp3) is 1.00. The van der Waals surface area contributed by atoms with Crippen LogP contribution in [0.2, 0.25) is 0 Å². The average molecular weight is 217 g/mol. The van der Waals surface area contributed by atoms with Crippen LogP contribution >= 0.6 is 24.8 Å². The zero-order chi connectivity index (χ0) is 7.82. The summed E-state index contributed by atoms with van der Waals surface area (Å²) in [6.07, 6.45) is 2.80. The Labute approximate surface area is 88.7 Å². The fourth-order valence-corrected chi connectivity index (χ4v) is 1.03. The maximum Gasteiger partial charge on any atom is -0.00231 e. The molecule has 0 aromatic carbocycles. The molecule has 1 saturated heterocycles. The molecule has 1 aliphatic heterocycles. The number of hydrogen-bond acceptors (Lipinski definition) is 2. The molecule has 1 fully saturated rings. The second-order valence-electron chi connectivity index (χ2n) is 2.95. The Hall–Kier alpha value is 0.500. The van der Waals surface area contributed by atoms with Gasteiger partial charge in [0.1, 0.15) is 0 Å². The van der Waals surface area contributed by atoms with Crippen molar-refractivity contribution in [2.24, 2.45) is 5.92 Å². The lowest BCUT2D eigenvalue weighted by Gasteiger charge is -2.17. The lowest BCUT2D eigenvalue weighted by Crippen LogP contribution is -2.27. The Balaban J connectivity index is -0.000000146. The monoisotopic (exact) mass is 216 g/mol. The minimum Gasteiger partial charge on any atom is -0.323 e. The van der Waals surface area contributed by atoms with Crippen LogP contribution in [0.25, 0.3) is 0 Å². The summed E-state index contributed by atoms with van der Waals surface area (Å²) in [5.41, 5.74) is 0. The molecule has 0 radical (unpaired) electrons. The topological polar surface area (TPSA) is 24.1 Å². The van der Waals surface area contributed by atoms with E-state index >= 15 is 0 Å². The highest BCUT2D eigenvalue weighted by Gasteiger charge is 2.04. The minimum atomic E-state index is 0. The van der Waals surface area contributed by atoms with Crippen molar-refractivity contribution in [1.82, 2.24) is 10.6 Å². The predicted octanol–water partition coefficient (Wildman–Crippen LogP) is 1.69. The van der Waals surface area contributed by atoms with Crippen molar-refractivity contribution in [3.8, 4) is 0 Å². The van der Waals surface area contributed by atoms with Crippen LogP contribution in [-0.2, 0) is 0 Å². The third kappa shape index (κ3) is 13.1. The van der Waals surface area contributed by atoms with Gasteiger partial charge < -0.3 is 10.6 Å². The zero-order valence-corrected chi connectivity index (χ0v) is 9.86. The van der Waals surface area contributed by atoms with Crippen LogP contribution in [0, 0.1) is 5.92 Å². The SMILES string of the molecule is CC1CCCNC1.CNC.Cl.Cl. The quantitative estimate of drug-likeness (QED) is 0.645. The van der Waals surface area contributed by atoms with Gasteiger partial charge in [0.15, 0.2) is 0 Å². The van der Waals surface area contributed by atoms with Crippen LogP contribution in [-0.4, -0.2) is 27.2 Å². The molecule has 0 amide bonds. The third-order valence-corrected chi connectivity index (χ3v) is 1.54. The van der Waals surface area contributed by atoms with Gasteiger partial charge in [-0.15, -0.1) is 24.8 Å². The molecule has 1 atom stereocenters. The van der Waals surface area contributed by atoms with Crippen molar-refractivity contribution in [2.45, 2.75) is 19.8 Å². The van der Waals surface area contributed by atoms with E-state index in [1.54, 1.807) is 0 Å². The largest absolute Gasteiger partial charge is 0.323 e. The summed E-state index contributed by atoms with van der Waals surface area (Å²) in [5.74, 6) is 0.925. The lowest BCUT2D eigenvalue weighted by atomic mass is 10.0. The fourth-order valence-electron chi connectivity index (χ4n) is 1.03. The van der Waals surface area contributed by atoms with E-state index in [4.69, 9.17) is 0 Å². The van der Waals surface area contributed by atoms with Gasteiger partial charge in [0.25, 0.3) is 0 Å². The average Bonchev–Trinajstić information content (AvgIpc) is 1.91. The van der Waals surface area contributed by atoms with Gasteiger partial charge in [-0.1, -0.05) is 6.92 Å². The third-order valence-electron chi connectivity index (χ3n) is 1.54. The highest BCUT2D eigenvalue weighted by molar-refractivity contribution is 5.85. The smallest absolute Gasteiger partial charge is 0.00231 e. The molecule has 0 aliphatic carbocycles. The highest BCUT2D eigenvalue weighted by atomic mass is 35.5. The van der Waals surface area contributed by atoms with E-state index in [0.29, 0.717) is 0 Å². The van der Waals surface area contributed by atoms with Crippen molar-refractivity contribution in [1.29, 1.82) is 0 Å². The van der Waals surface area contributed by atoms with E-state index in [9.17, 15) is 0 Å². The molecule has 0 spiro atoms. The van der Waals surface area contributed by atoms with Crippen LogP contribution in [0.15, 0.2) is 0 Å². The molecule has 0 saturated carbocycles. The molecular weight excluding hydrogens is 195 g/mol. The van der Waals surface area contributed by atoms with E-state index in [1.165, 1.54) is 25.9 Å². The summed E-state index contributed by atoms with van der Waals surface area (Å²) < 4.78 is 0. The van der Waals surface area contributed by atoms with Gasteiger partial charge >= 0.3 is 0 Å². The summed E-state index contributed by atoms with van der Waals surface area (Å²) in [4.78, 5) is 0. The Morgan fingerprint density at radius 2 is 1.75 bits per heavy atom. The molecule has 2 N–H and O–H groups in total. The molecule has 1 aliphatic rings. The normalized spacial score (nSPS) is 20.8. The zero-order valence-electron chi connectivity index (χ0n) is 8.22. The van der Waals surface area contributed by atoms with Crippen LogP contribution in [0.4, 0.5) is 0 Å². The summed E-state index contributed by atoms with van der Waals surface area (Å²) in [6.45, 7) is 4.77. The van der Waals surface area contributed by atoms with Crippen molar-refractivity contribution >= 4 is 24.8 Å². The van der Waals surface area contributed by atoms with E-state index in [-0.39, 0.29) is 24.8 Å². The lowest BCUT2D eigenvalue weighted by molar-refractivity contribution is 0.405. The van der Waals surface area contributed by atoms with E-state index in [1.807, 2.05) is 14.1 Å². The summed E-state index contributed by atoms with van der Waals surface area (Å²) in [7, 11) is 3.75. The molecule has 0 aromatic rings. The molecule has 1 rings (SSSR count). The molecule has 0 bridgehead atoms. The maximum atomic E-state index is 3.33. The first kappa shape index (κ1) is 18.3. The van der Waals surface area contributed by atoms with E-state index < -0.39 is 0 Å². The maximum absolute atomic E-state index is 3.33. The molecule has 4 heteroatoms. The number of nitrogens with one attached hydrogen (secondary N) is 2. The van der Waals surface area contributed by atoms with Crippen molar-refractivity contribution < 1.29 is 0 Å². The Morgan fingerprint density at radius 3 is 1.92 bits per heavy atom. The number of hydrogen-bond donors (Lipinski definition) is 2. The molecule has 1 unspecified atom stereocenters. The van der Waals surface area contributed by atoms with Crippen molar-refractivity contribution in [3.63, 3.8) is 0 Å². The minimum absolute atomic E-state index is 0. The molecule has 2 nitrogen and oxygen atoms in total. The van der Waals surface area contributed by atoms with Gasteiger partial charge in [-0.25, -0.2) is 0 Å². The first-order chi connectivity index (χ1) is 4.81. The molecule has 78 valence electrons. The van der Waals surface area contributed by atoms with Crippen LogP contribution in [0.5, 0.6) is 0 Å². The van der Waals surface area contributed by atoms with Gasteiger partial charge in [-0.3, -0.25) is 0 Å². The predicted molar refractivity (Wildman–Crippen MR) is 60.7 cm³/mol. The Kier molecular flexibility index (Phi) is 21.4. The van der Waals surface area contributed by atoms with Crippen LogP contribution in [0.1, 0.15) is 19.8 Å². The summed E-state index contributed by atoms with van der Waals surface area (Å²) in [6, 6.07) is 0. The van der Waals surface area contributed by atoms with Gasteiger partial charge in [0.05, 0.1) is 0 Å². The Morgan fingerprint density at radius 1 is 1.25 bits per heavy atom. The number of piperidine rings is 1. The second-order valence-corrected chi connectivity index (χ2v) is 2.95. The number of rotatable bonds is 0. The molecule has 1 heterocycles. The van der Waals surface area contributed by atoms with Crippen molar-refractivity contribution in [3.05, 3.63) is 0 Å². The molecule has 0 aromatic heterocycles. The van der Waals surface area contributed by atoms with Gasteiger partial charge in [0.2, 0.25) is 0 Å². The van der Waals surface area contributed by atoms with Crippen LogP contribution in [0.3, 0.4) is 0 Å². The number of halogens is 2. The van der Waals surface area contributed by atoms with Crippen molar-refractivity contribution in [2.75, 3.05) is 27.2 Å². The van der Waals surface area contributed by atoms with E-state index in [0.717, 1.165) is 5.92 Å². The molecular formula is C8H22Cl2N2. The van der Waals surface area contributed by atoms with Crippen LogP contribution < -0.4 is 10.6 Å².